The number of nitrogens with zero attached hydrogens (tertiary/aromatic N) is 2. The molecule has 0 amide bonds. The van der Waals surface area contributed by atoms with E-state index in [0.717, 1.165) is 24.2 Å². The lowest BCUT2D eigenvalue weighted by atomic mass is 10.2. The molecule has 0 aliphatic rings. The van der Waals surface area contributed by atoms with E-state index in [4.69, 9.17) is 6.42 Å². The quantitative estimate of drug-likeness (QED) is 0.550. The molecular weight excluding hydrogens is 188 g/mol. The van der Waals surface area contributed by atoms with Crippen molar-refractivity contribution in [3.05, 3.63) is 23.4 Å². The Morgan fingerprint density at radius 2 is 2.40 bits per heavy atom. The Kier molecular flexibility index (Phi) is 3.87. The molecule has 1 aromatic heterocycles. The molecule has 0 aliphatic carbocycles. The fraction of sp³-hybridized carbons (Fsp3) is 0.333. The summed E-state index contributed by atoms with van der Waals surface area (Å²) in [6.07, 6.45) is 7.63. The smallest absolute Gasteiger partial charge is 0.151 e. The lowest BCUT2D eigenvalue weighted by Gasteiger charge is -2.20. The van der Waals surface area contributed by atoms with Crippen LogP contribution in [0.2, 0.25) is 0 Å². The molecule has 0 radical (unpaired) electrons. The monoisotopic (exact) mass is 202 g/mol. The molecule has 3 heteroatoms. The van der Waals surface area contributed by atoms with Gasteiger partial charge in [0.25, 0.3) is 0 Å². The molecule has 0 bridgehead atoms. The van der Waals surface area contributed by atoms with E-state index in [1.807, 2.05) is 24.8 Å². The molecule has 0 unspecified atom stereocenters. The summed E-state index contributed by atoms with van der Waals surface area (Å²) in [7, 11) is 0. The number of aryl methyl sites for hydroxylation is 1. The lowest BCUT2D eigenvalue weighted by Crippen LogP contribution is -2.24. The van der Waals surface area contributed by atoms with Crippen LogP contribution in [-0.4, -0.2) is 24.4 Å². The van der Waals surface area contributed by atoms with Crippen molar-refractivity contribution in [3.63, 3.8) is 0 Å². The molecule has 0 atom stereocenters. The third-order valence-corrected chi connectivity index (χ3v) is 2.17. The van der Waals surface area contributed by atoms with Gasteiger partial charge < -0.3 is 4.90 Å². The van der Waals surface area contributed by atoms with Crippen LogP contribution >= 0.6 is 0 Å². The third kappa shape index (κ3) is 2.57. The predicted molar refractivity (Wildman–Crippen MR) is 61.1 cm³/mol. The highest BCUT2D eigenvalue weighted by Crippen LogP contribution is 2.16. The SMILES string of the molecule is C#CCN(CC)c1ncc(C=O)cc1C. The van der Waals surface area contributed by atoms with Crippen LogP contribution in [0.4, 0.5) is 5.82 Å². The summed E-state index contributed by atoms with van der Waals surface area (Å²) in [5, 5.41) is 0. The highest BCUT2D eigenvalue weighted by molar-refractivity contribution is 5.75. The molecule has 0 aromatic carbocycles. The van der Waals surface area contributed by atoms with Crippen LogP contribution in [0.3, 0.4) is 0 Å². The molecule has 1 heterocycles. The minimum Gasteiger partial charge on any atom is -0.346 e. The van der Waals surface area contributed by atoms with Crippen molar-refractivity contribution in [2.75, 3.05) is 18.0 Å². The van der Waals surface area contributed by atoms with Crippen LogP contribution in [0, 0.1) is 19.3 Å². The second-order valence-electron chi connectivity index (χ2n) is 3.25. The third-order valence-electron chi connectivity index (χ3n) is 2.17. The van der Waals surface area contributed by atoms with Crippen LogP contribution in [0.5, 0.6) is 0 Å². The van der Waals surface area contributed by atoms with Gasteiger partial charge in [0.15, 0.2) is 6.29 Å². The molecule has 0 saturated heterocycles. The van der Waals surface area contributed by atoms with Crippen LogP contribution < -0.4 is 4.90 Å². The summed E-state index contributed by atoms with van der Waals surface area (Å²) >= 11 is 0. The normalized spacial score (nSPS) is 9.40. The highest BCUT2D eigenvalue weighted by atomic mass is 16.1. The first-order valence-corrected chi connectivity index (χ1v) is 4.83. The van der Waals surface area contributed by atoms with Crippen LogP contribution in [-0.2, 0) is 0 Å². The fourth-order valence-corrected chi connectivity index (χ4v) is 1.43. The average molecular weight is 202 g/mol. The zero-order valence-electron chi connectivity index (χ0n) is 9.03. The summed E-state index contributed by atoms with van der Waals surface area (Å²) in [4.78, 5) is 16.8. The van der Waals surface area contributed by atoms with Crippen LogP contribution in [0.15, 0.2) is 12.3 Å². The van der Waals surface area contributed by atoms with Gasteiger partial charge >= 0.3 is 0 Å². The Labute approximate surface area is 90.1 Å². The number of aldehydes is 1. The number of pyridine rings is 1. The van der Waals surface area contributed by atoms with Gasteiger partial charge in [0.2, 0.25) is 0 Å². The van der Waals surface area contributed by atoms with E-state index in [0.29, 0.717) is 12.1 Å². The number of rotatable bonds is 4. The molecule has 0 saturated carbocycles. The van der Waals surface area contributed by atoms with Gasteiger partial charge in [-0.05, 0) is 25.5 Å². The van der Waals surface area contributed by atoms with Crippen molar-refractivity contribution >= 4 is 12.1 Å². The molecule has 3 nitrogen and oxygen atoms in total. The largest absolute Gasteiger partial charge is 0.346 e. The number of carbonyl (C=O) groups excluding carboxylic acids is 1. The summed E-state index contributed by atoms with van der Waals surface area (Å²) in [5.41, 5.74) is 1.56. The van der Waals surface area contributed by atoms with Crippen LogP contribution in [0.25, 0.3) is 0 Å². The van der Waals surface area contributed by atoms with Gasteiger partial charge in [0.1, 0.15) is 5.82 Å². The number of terminal acetylenes is 1. The van der Waals surface area contributed by atoms with Crippen molar-refractivity contribution in [2.24, 2.45) is 0 Å². The molecule has 0 N–H and O–H groups in total. The Hall–Kier alpha value is -1.82. The maximum Gasteiger partial charge on any atom is 0.151 e. The second-order valence-corrected chi connectivity index (χ2v) is 3.25. The van der Waals surface area contributed by atoms with E-state index in [1.54, 1.807) is 6.20 Å². The first-order valence-electron chi connectivity index (χ1n) is 4.83. The minimum absolute atomic E-state index is 0.533. The number of hydrogen-bond acceptors (Lipinski definition) is 3. The minimum atomic E-state index is 0.533. The van der Waals surface area contributed by atoms with Gasteiger partial charge in [-0.2, -0.15) is 0 Å². The molecule has 0 fully saturated rings. The molecule has 15 heavy (non-hydrogen) atoms. The van der Waals surface area contributed by atoms with Gasteiger partial charge in [0, 0.05) is 18.3 Å². The summed E-state index contributed by atoms with van der Waals surface area (Å²) in [6.45, 7) is 5.28. The van der Waals surface area contributed by atoms with Gasteiger partial charge in [-0.1, -0.05) is 5.92 Å². The Balaban J connectivity index is 3.03. The molecule has 0 aliphatic heterocycles. The average Bonchev–Trinajstić information content (AvgIpc) is 2.26. The summed E-state index contributed by atoms with van der Waals surface area (Å²) in [6, 6.07) is 1.81. The topological polar surface area (TPSA) is 33.2 Å². The zero-order chi connectivity index (χ0) is 11.3. The van der Waals surface area contributed by atoms with E-state index >= 15 is 0 Å². The first kappa shape index (κ1) is 11.3. The standard InChI is InChI=1S/C12H14N2O/c1-4-6-14(5-2)12-10(3)7-11(9-15)8-13-12/h1,7-9H,5-6H2,2-3H3. The molecular formula is C12H14N2O. The van der Waals surface area contributed by atoms with Crippen LogP contribution in [0.1, 0.15) is 22.8 Å². The molecule has 1 rings (SSSR count). The van der Waals surface area contributed by atoms with Gasteiger partial charge in [-0.15, -0.1) is 6.42 Å². The number of carbonyl (C=O) groups is 1. The highest BCUT2D eigenvalue weighted by Gasteiger charge is 2.07. The lowest BCUT2D eigenvalue weighted by molar-refractivity contribution is 0.112. The fourth-order valence-electron chi connectivity index (χ4n) is 1.43. The zero-order valence-corrected chi connectivity index (χ0v) is 9.03. The summed E-state index contributed by atoms with van der Waals surface area (Å²) in [5.74, 6) is 3.44. The van der Waals surface area contributed by atoms with E-state index in [-0.39, 0.29) is 0 Å². The van der Waals surface area contributed by atoms with E-state index in [1.165, 1.54) is 0 Å². The van der Waals surface area contributed by atoms with E-state index < -0.39 is 0 Å². The number of hydrogen-bond donors (Lipinski definition) is 0. The first-order chi connectivity index (χ1) is 7.22. The maximum absolute atomic E-state index is 10.5. The Bertz CT molecular complexity index is 393. The van der Waals surface area contributed by atoms with Crippen molar-refractivity contribution < 1.29 is 4.79 Å². The van der Waals surface area contributed by atoms with Gasteiger partial charge in [-0.25, -0.2) is 4.98 Å². The van der Waals surface area contributed by atoms with Crippen molar-refractivity contribution in [1.29, 1.82) is 0 Å². The predicted octanol–water partition coefficient (Wildman–Crippen LogP) is 1.66. The number of anilines is 1. The Morgan fingerprint density at radius 3 is 2.87 bits per heavy atom. The molecule has 1 aromatic rings. The van der Waals surface area contributed by atoms with Crippen molar-refractivity contribution in [2.45, 2.75) is 13.8 Å². The van der Waals surface area contributed by atoms with E-state index in [9.17, 15) is 4.79 Å². The molecule has 78 valence electrons. The van der Waals surface area contributed by atoms with Gasteiger partial charge in [-0.3, -0.25) is 4.79 Å². The van der Waals surface area contributed by atoms with E-state index in [2.05, 4.69) is 10.9 Å². The second kappa shape index (κ2) is 5.16. The van der Waals surface area contributed by atoms with Crippen molar-refractivity contribution in [3.8, 4) is 12.3 Å². The summed E-state index contributed by atoms with van der Waals surface area (Å²) < 4.78 is 0. The maximum atomic E-state index is 10.5. The number of aromatic nitrogens is 1. The van der Waals surface area contributed by atoms with Crippen molar-refractivity contribution in [1.82, 2.24) is 4.98 Å². The van der Waals surface area contributed by atoms with Gasteiger partial charge in [0.05, 0.1) is 6.54 Å². The molecule has 0 spiro atoms. The Morgan fingerprint density at radius 1 is 1.67 bits per heavy atom.